The molecule has 29 heavy (non-hydrogen) atoms. The third-order valence-electron chi connectivity index (χ3n) is 5.90. The fourth-order valence-electron chi connectivity index (χ4n) is 3.83. The molecule has 2 aromatic rings. The molecule has 0 unspecified atom stereocenters. The summed E-state index contributed by atoms with van der Waals surface area (Å²) in [5, 5.41) is 17.4. The van der Waals surface area contributed by atoms with Crippen LogP contribution in [0.25, 0.3) is 11.3 Å². The van der Waals surface area contributed by atoms with Gasteiger partial charge in [-0.1, -0.05) is 11.6 Å². The lowest BCUT2D eigenvalue weighted by molar-refractivity contribution is -0.133. The molecule has 2 N–H and O–H groups in total. The zero-order valence-corrected chi connectivity index (χ0v) is 16.7. The number of aliphatic hydroxyl groups is 1. The first kappa shape index (κ1) is 19.9. The highest BCUT2D eigenvalue weighted by Gasteiger charge is 2.32. The lowest BCUT2D eigenvalue weighted by Gasteiger charge is -2.34. The fourth-order valence-corrected chi connectivity index (χ4v) is 3.83. The van der Waals surface area contributed by atoms with Gasteiger partial charge in [-0.15, -0.1) is 0 Å². The molecule has 0 bridgehead atoms. The summed E-state index contributed by atoms with van der Waals surface area (Å²) in [6.45, 7) is 0.350. The van der Waals surface area contributed by atoms with Crippen LogP contribution in [0.3, 0.4) is 0 Å². The zero-order valence-electron chi connectivity index (χ0n) is 16.7. The Balaban J connectivity index is 1.31. The normalized spacial score (nSPS) is 24.7. The molecule has 1 saturated carbocycles. The Labute approximate surface area is 170 Å². The van der Waals surface area contributed by atoms with E-state index in [4.69, 9.17) is 14.0 Å². The van der Waals surface area contributed by atoms with Crippen molar-refractivity contribution in [3.8, 4) is 17.1 Å². The van der Waals surface area contributed by atoms with Crippen LogP contribution in [0.2, 0.25) is 0 Å². The maximum Gasteiger partial charge on any atom is 0.223 e. The third kappa shape index (κ3) is 4.79. The van der Waals surface area contributed by atoms with Gasteiger partial charge in [-0.2, -0.15) is 0 Å². The summed E-state index contributed by atoms with van der Waals surface area (Å²) >= 11 is 0. The van der Waals surface area contributed by atoms with E-state index in [0.29, 0.717) is 25.1 Å². The highest BCUT2D eigenvalue weighted by atomic mass is 16.5. The molecular formula is C22H28N2O5. The van der Waals surface area contributed by atoms with Crippen LogP contribution in [0.15, 0.2) is 34.9 Å². The van der Waals surface area contributed by atoms with E-state index in [2.05, 4.69) is 10.5 Å². The number of carbonyl (C=O) groups is 1. The Bertz CT molecular complexity index is 815. The van der Waals surface area contributed by atoms with Crippen molar-refractivity contribution in [3.05, 3.63) is 36.0 Å². The van der Waals surface area contributed by atoms with Gasteiger partial charge in [-0.25, -0.2) is 0 Å². The number of hydrogen-bond acceptors (Lipinski definition) is 6. The number of aliphatic hydroxyl groups excluding tert-OH is 1. The summed E-state index contributed by atoms with van der Waals surface area (Å²) in [6, 6.07) is 9.54. The number of nitrogens with zero attached hydrogens (tertiary/aromatic N) is 1. The van der Waals surface area contributed by atoms with Gasteiger partial charge in [-0.05, 0) is 49.9 Å². The van der Waals surface area contributed by atoms with Gasteiger partial charge < -0.3 is 24.4 Å². The molecule has 1 aromatic heterocycles. The molecule has 3 atom stereocenters. The fraction of sp³-hybridized carbons (Fsp3) is 0.545. The summed E-state index contributed by atoms with van der Waals surface area (Å²) < 4.78 is 16.7. The molecule has 2 fully saturated rings. The van der Waals surface area contributed by atoms with Crippen molar-refractivity contribution in [1.82, 2.24) is 10.5 Å². The van der Waals surface area contributed by atoms with Crippen LogP contribution in [0.1, 0.15) is 37.8 Å². The first-order valence-electron chi connectivity index (χ1n) is 10.3. The minimum absolute atomic E-state index is 0.0576. The number of nitrogens with one attached hydrogen (secondary N) is 1. The van der Waals surface area contributed by atoms with E-state index in [1.54, 1.807) is 7.11 Å². The molecule has 1 amide bonds. The van der Waals surface area contributed by atoms with E-state index < -0.39 is 6.10 Å². The number of amides is 1. The van der Waals surface area contributed by atoms with Gasteiger partial charge in [0.15, 0.2) is 5.76 Å². The topological polar surface area (TPSA) is 93.8 Å². The maximum atomic E-state index is 12.0. The van der Waals surface area contributed by atoms with Crippen LogP contribution in [-0.2, 0) is 16.0 Å². The molecule has 7 heteroatoms. The van der Waals surface area contributed by atoms with Crippen molar-refractivity contribution in [2.24, 2.45) is 5.92 Å². The van der Waals surface area contributed by atoms with Crippen molar-refractivity contribution >= 4 is 5.91 Å². The summed E-state index contributed by atoms with van der Waals surface area (Å²) in [5.74, 6) is 1.70. The highest BCUT2D eigenvalue weighted by Crippen LogP contribution is 2.28. The second-order valence-corrected chi connectivity index (χ2v) is 7.93. The molecule has 0 spiro atoms. The van der Waals surface area contributed by atoms with Gasteiger partial charge in [0.05, 0.1) is 25.0 Å². The van der Waals surface area contributed by atoms with E-state index in [-0.39, 0.29) is 24.0 Å². The molecule has 2 heterocycles. The summed E-state index contributed by atoms with van der Waals surface area (Å²) in [4.78, 5) is 12.0. The summed E-state index contributed by atoms with van der Waals surface area (Å²) in [6.07, 6.45) is 4.06. The van der Waals surface area contributed by atoms with Crippen LogP contribution >= 0.6 is 0 Å². The van der Waals surface area contributed by atoms with Crippen LogP contribution in [0, 0.1) is 5.92 Å². The number of hydrogen-bond donors (Lipinski definition) is 2. The molecule has 2 aliphatic rings. The van der Waals surface area contributed by atoms with E-state index in [1.807, 2.05) is 30.3 Å². The molecule has 1 saturated heterocycles. The Hall–Kier alpha value is -2.38. The van der Waals surface area contributed by atoms with Gasteiger partial charge >= 0.3 is 0 Å². The maximum absolute atomic E-state index is 12.0. The molecule has 4 rings (SSSR count). The predicted molar refractivity (Wildman–Crippen MR) is 106 cm³/mol. The van der Waals surface area contributed by atoms with Crippen molar-refractivity contribution in [1.29, 1.82) is 0 Å². The predicted octanol–water partition coefficient (Wildman–Crippen LogP) is 2.72. The van der Waals surface area contributed by atoms with Crippen molar-refractivity contribution in [2.45, 2.75) is 56.8 Å². The van der Waals surface area contributed by atoms with E-state index in [0.717, 1.165) is 42.7 Å². The number of carbonyl (C=O) groups excluding carboxylic acids is 1. The van der Waals surface area contributed by atoms with E-state index >= 15 is 0 Å². The Morgan fingerprint density at radius 2 is 2.03 bits per heavy atom. The molecule has 0 radical (unpaired) electrons. The monoisotopic (exact) mass is 400 g/mol. The van der Waals surface area contributed by atoms with Gasteiger partial charge in [0.2, 0.25) is 5.91 Å². The van der Waals surface area contributed by atoms with Crippen LogP contribution < -0.4 is 10.1 Å². The average molecular weight is 400 g/mol. The van der Waals surface area contributed by atoms with Crippen molar-refractivity contribution in [3.63, 3.8) is 0 Å². The molecule has 7 nitrogen and oxygen atoms in total. The average Bonchev–Trinajstić information content (AvgIpc) is 3.15. The molecule has 156 valence electrons. The van der Waals surface area contributed by atoms with Gasteiger partial charge in [-0.3, -0.25) is 4.79 Å². The van der Waals surface area contributed by atoms with Crippen LogP contribution in [0.5, 0.6) is 5.75 Å². The lowest BCUT2D eigenvalue weighted by atomic mass is 9.85. The number of aromatic nitrogens is 1. The number of rotatable bonds is 7. The summed E-state index contributed by atoms with van der Waals surface area (Å²) in [5.41, 5.74) is 1.75. The second kappa shape index (κ2) is 8.97. The van der Waals surface area contributed by atoms with Crippen LogP contribution in [-0.4, -0.2) is 48.1 Å². The quantitative estimate of drug-likeness (QED) is 0.742. The first-order chi connectivity index (χ1) is 14.1. The second-order valence-electron chi connectivity index (χ2n) is 7.93. The van der Waals surface area contributed by atoms with E-state index in [9.17, 15) is 9.90 Å². The third-order valence-corrected chi connectivity index (χ3v) is 5.90. The van der Waals surface area contributed by atoms with Gasteiger partial charge in [0.1, 0.15) is 11.9 Å². The Morgan fingerprint density at radius 3 is 2.72 bits per heavy atom. The first-order valence-corrected chi connectivity index (χ1v) is 10.3. The largest absolute Gasteiger partial charge is 0.497 e. The standard InChI is InChI=1S/C22H28N2O5/c1-27-17-7-5-14(6-8-17)20-12-16(24-29-20)11-18-9-10-19(25)21(28-18)13-23-22(26)15-3-2-4-15/h5-8,12,15,18-19,21,25H,2-4,9-11,13H2,1H3,(H,23,26)/t18-,19-,21+/m0/s1. The van der Waals surface area contributed by atoms with Crippen molar-refractivity contribution in [2.75, 3.05) is 13.7 Å². The number of methoxy groups -OCH3 is 1. The van der Waals surface area contributed by atoms with Gasteiger partial charge in [0, 0.05) is 30.5 Å². The smallest absolute Gasteiger partial charge is 0.223 e. The number of ether oxygens (including phenoxy) is 2. The van der Waals surface area contributed by atoms with E-state index in [1.165, 1.54) is 0 Å². The minimum Gasteiger partial charge on any atom is -0.497 e. The number of benzene rings is 1. The molecule has 1 aliphatic carbocycles. The van der Waals surface area contributed by atoms with Gasteiger partial charge in [0.25, 0.3) is 0 Å². The Morgan fingerprint density at radius 1 is 1.24 bits per heavy atom. The van der Waals surface area contributed by atoms with Crippen molar-refractivity contribution < 1.29 is 23.9 Å². The lowest BCUT2D eigenvalue weighted by Crippen LogP contribution is -2.48. The highest BCUT2D eigenvalue weighted by molar-refractivity contribution is 5.79. The molecular weight excluding hydrogens is 372 g/mol. The molecule has 1 aromatic carbocycles. The Kier molecular flexibility index (Phi) is 6.16. The van der Waals surface area contributed by atoms with Crippen LogP contribution in [0.4, 0.5) is 0 Å². The summed E-state index contributed by atoms with van der Waals surface area (Å²) in [7, 11) is 1.63. The zero-order chi connectivity index (χ0) is 20.2. The molecule has 1 aliphatic heterocycles. The SMILES string of the molecule is COc1ccc(-c2cc(C[C@@H]3CC[C@H](O)[C@@H](CNC(=O)C4CCC4)O3)no2)cc1. The minimum atomic E-state index is -0.555.